The van der Waals surface area contributed by atoms with E-state index in [0.717, 1.165) is 10.4 Å². The van der Waals surface area contributed by atoms with Gasteiger partial charge in [0.2, 0.25) is 5.91 Å². The van der Waals surface area contributed by atoms with Crippen molar-refractivity contribution in [3.8, 4) is 0 Å². The first kappa shape index (κ1) is 23.0. The Morgan fingerprint density at radius 2 is 2.12 bits per heavy atom. The maximum absolute atomic E-state index is 13.4. The summed E-state index contributed by atoms with van der Waals surface area (Å²) in [6.45, 7) is 6.16. The molecular formula is C23H24ClN3O3S2. The topological polar surface area (TPSA) is 62.2 Å². The Labute approximate surface area is 200 Å². The van der Waals surface area contributed by atoms with Gasteiger partial charge in [0.05, 0.1) is 24.2 Å². The van der Waals surface area contributed by atoms with E-state index < -0.39 is 0 Å². The summed E-state index contributed by atoms with van der Waals surface area (Å²) in [5.74, 6) is -0.178. The molecule has 4 rings (SSSR count). The highest BCUT2D eigenvalue weighted by Crippen LogP contribution is 2.34. The maximum Gasteiger partial charge on any atom is 0.283 e. The average molecular weight is 490 g/mol. The van der Waals surface area contributed by atoms with Crippen molar-refractivity contribution in [2.24, 2.45) is 4.99 Å². The van der Waals surface area contributed by atoms with Crippen LogP contribution in [0.2, 0.25) is 5.02 Å². The van der Waals surface area contributed by atoms with Crippen LogP contribution < -0.4 is 4.90 Å². The number of rotatable bonds is 5. The molecular weight excluding hydrogens is 466 g/mol. The molecule has 2 aliphatic heterocycles. The van der Waals surface area contributed by atoms with Crippen LogP contribution in [-0.2, 0) is 14.3 Å². The van der Waals surface area contributed by atoms with Crippen LogP contribution in [0.1, 0.15) is 23.8 Å². The average Bonchev–Trinajstić information content (AvgIpc) is 3.42. The third-order valence-corrected chi connectivity index (χ3v) is 7.81. The van der Waals surface area contributed by atoms with E-state index in [1.165, 1.54) is 23.1 Å². The number of hydrogen-bond donors (Lipinski definition) is 0. The zero-order valence-corrected chi connectivity index (χ0v) is 20.3. The number of thiophene rings is 1. The second-order valence-corrected chi connectivity index (χ2v) is 10.0. The summed E-state index contributed by atoms with van der Waals surface area (Å²) in [6, 6.07) is 9.37. The SMILES string of the molecule is CCC(SC1=N/C(=C\c2cccs2)C(=O)N1c1ccc(C)c(Cl)c1)C(=O)N1CCOCC1. The van der Waals surface area contributed by atoms with Gasteiger partial charge in [0.25, 0.3) is 5.91 Å². The predicted octanol–water partition coefficient (Wildman–Crippen LogP) is 4.82. The van der Waals surface area contributed by atoms with E-state index in [-0.39, 0.29) is 17.1 Å². The van der Waals surface area contributed by atoms with Gasteiger partial charge >= 0.3 is 0 Å². The quantitative estimate of drug-likeness (QED) is 0.565. The molecule has 0 radical (unpaired) electrons. The number of aryl methyl sites for hydroxylation is 1. The zero-order chi connectivity index (χ0) is 22.7. The van der Waals surface area contributed by atoms with E-state index >= 15 is 0 Å². The minimum absolute atomic E-state index is 0.0496. The Morgan fingerprint density at radius 3 is 2.78 bits per heavy atom. The molecule has 6 nitrogen and oxygen atoms in total. The summed E-state index contributed by atoms with van der Waals surface area (Å²) in [5, 5.41) is 2.68. The molecule has 0 bridgehead atoms. The number of halogens is 1. The first-order valence-corrected chi connectivity index (χ1v) is 12.6. The number of ether oxygens (including phenoxy) is 1. The van der Waals surface area contributed by atoms with Gasteiger partial charge in [-0.1, -0.05) is 42.4 Å². The molecule has 3 heterocycles. The monoisotopic (exact) mass is 489 g/mol. The van der Waals surface area contributed by atoms with E-state index in [4.69, 9.17) is 16.3 Å². The molecule has 0 aliphatic carbocycles. The van der Waals surface area contributed by atoms with Crippen LogP contribution in [0, 0.1) is 6.92 Å². The van der Waals surface area contributed by atoms with Crippen molar-refractivity contribution < 1.29 is 14.3 Å². The molecule has 1 unspecified atom stereocenters. The van der Waals surface area contributed by atoms with Crippen molar-refractivity contribution in [2.75, 3.05) is 31.2 Å². The lowest BCUT2D eigenvalue weighted by atomic mass is 10.2. The number of carbonyl (C=O) groups is 2. The number of benzene rings is 1. The third-order valence-electron chi connectivity index (χ3n) is 5.28. The Kier molecular flexibility index (Phi) is 7.35. The van der Waals surface area contributed by atoms with Crippen LogP contribution in [0.4, 0.5) is 5.69 Å². The summed E-state index contributed by atoms with van der Waals surface area (Å²) in [5.41, 5.74) is 1.91. The molecule has 0 saturated carbocycles. The fraction of sp³-hybridized carbons (Fsp3) is 0.348. The Morgan fingerprint density at radius 1 is 1.34 bits per heavy atom. The van der Waals surface area contributed by atoms with E-state index in [1.807, 2.05) is 48.4 Å². The molecule has 1 aromatic carbocycles. The lowest BCUT2D eigenvalue weighted by Gasteiger charge is -2.30. The van der Waals surface area contributed by atoms with Gasteiger partial charge < -0.3 is 9.64 Å². The number of morpholine rings is 1. The molecule has 2 aromatic rings. The van der Waals surface area contributed by atoms with Crippen LogP contribution in [-0.4, -0.2) is 53.4 Å². The van der Waals surface area contributed by atoms with Gasteiger partial charge in [-0.25, -0.2) is 4.99 Å². The number of thioether (sulfide) groups is 1. The Hall–Kier alpha value is -2.13. The highest BCUT2D eigenvalue weighted by atomic mass is 35.5. The minimum Gasteiger partial charge on any atom is -0.378 e. The van der Waals surface area contributed by atoms with Crippen LogP contribution in [0.15, 0.2) is 46.4 Å². The lowest BCUT2D eigenvalue weighted by Crippen LogP contribution is -2.45. The number of amides is 2. The molecule has 0 spiro atoms. The van der Waals surface area contributed by atoms with Crippen LogP contribution in [0.25, 0.3) is 6.08 Å². The summed E-state index contributed by atoms with van der Waals surface area (Å²) < 4.78 is 5.37. The summed E-state index contributed by atoms with van der Waals surface area (Å²) >= 11 is 9.22. The van der Waals surface area contributed by atoms with Crippen molar-refractivity contribution >= 4 is 63.4 Å². The van der Waals surface area contributed by atoms with Crippen LogP contribution in [0.5, 0.6) is 0 Å². The molecule has 0 N–H and O–H groups in total. The van der Waals surface area contributed by atoms with Crippen molar-refractivity contribution in [1.29, 1.82) is 0 Å². The molecule has 1 atom stereocenters. The number of hydrogen-bond acceptors (Lipinski definition) is 6. The first-order valence-electron chi connectivity index (χ1n) is 10.5. The standard InChI is InChI=1S/C23H24ClN3O3S2/c1-3-20(22(29)26-8-10-30-11-9-26)32-23-25-19(14-17-5-4-12-31-17)21(28)27(23)16-7-6-15(2)18(24)13-16/h4-7,12-14,20H,3,8-11H2,1-2H3/b19-14-. The highest BCUT2D eigenvalue weighted by molar-refractivity contribution is 8.15. The van der Waals surface area contributed by atoms with E-state index in [0.29, 0.717) is 54.3 Å². The second kappa shape index (κ2) is 10.2. The van der Waals surface area contributed by atoms with Gasteiger partial charge in [0.1, 0.15) is 5.70 Å². The van der Waals surface area contributed by atoms with E-state index in [1.54, 1.807) is 17.0 Å². The molecule has 168 valence electrons. The predicted molar refractivity (Wildman–Crippen MR) is 132 cm³/mol. The van der Waals surface area contributed by atoms with E-state index in [9.17, 15) is 9.59 Å². The molecule has 32 heavy (non-hydrogen) atoms. The van der Waals surface area contributed by atoms with Gasteiger partial charge in [0, 0.05) is 23.0 Å². The molecule has 1 saturated heterocycles. The van der Waals surface area contributed by atoms with Crippen molar-refractivity contribution in [3.63, 3.8) is 0 Å². The zero-order valence-electron chi connectivity index (χ0n) is 17.9. The number of aliphatic imine (C=N–C) groups is 1. The lowest BCUT2D eigenvalue weighted by molar-refractivity contribution is -0.134. The van der Waals surface area contributed by atoms with Crippen molar-refractivity contribution in [3.05, 3.63) is 56.9 Å². The fourth-order valence-corrected chi connectivity index (χ4v) is 5.40. The van der Waals surface area contributed by atoms with Crippen LogP contribution in [0.3, 0.4) is 0 Å². The highest BCUT2D eigenvalue weighted by Gasteiger charge is 2.36. The molecule has 1 fully saturated rings. The number of anilines is 1. The largest absolute Gasteiger partial charge is 0.378 e. The smallest absolute Gasteiger partial charge is 0.283 e. The van der Waals surface area contributed by atoms with Gasteiger partial charge in [-0.15, -0.1) is 11.3 Å². The van der Waals surface area contributed by atoms with Gasteiger partial charge in [-0.05, 0) is 48.6 Å². The Bertz CT molecular complexity index is 1060. The van der Waals surface area contributed by atoms with Crippen LogP contribution >= 0.6 is 34.7 Å². The van der Waals surface area contributed by atoms with Gasteiger partial charge in [-0.3, -0.25) is 14.5 Å². The third kappa shape index (κ3) is 4.93. The summed E-state index contributed by atoms with van der Waals surface area (Å²) in [4.78, 5) is 35.5. The van der Waals surface area contributed by atoms with E-state index in [2.05, 4.69) is 4.99 Å². The second-order valence-electron chi connectivity index (χ2n) is 7.47. The first-order chi connectivity index (χ1) is 15.5. The molecule has 9 heteroatoms. The Balaban J connectivity index is 1.66. The number of nitrogens with zero attached hydrogens (tertiary/aromatic N) is 3. The molecule has 2 amide bonds. The fourth-order valence-electron chi connectivity index (χ4n) is 3.46. The normalized spacial score (nSPS) is 18.9. The molecule has 1 aromatic heterocycles. The summed E-state index contributed by atoms with van der Waals surface area (Å²) in [6.07, 6.45) is 2.41. The number of carbonyl (C=O) groups excluding carboxylic acids is 2. The molecule has 2 aliphatic rings. The summed E-state index contributed by atoms with van der Waals surface area (Å²) in [7, 11) is 0. The minimum atomic E-state index is -0.343. The van der Waals surface area contributed by atoms with Gasteiger partial charge in [-0.2, -0.15) is 0 Å². The van der Waals surface area contributed by atoms with Crippen molar-refractivity contribution in [1.82, 2.24) is 4.90 Å². The maximum atomic E-state index is 13.4. The van der Waals surface area contributed by atoms with Crippen molar-refractivity contribution in [2.45, 2.75) is 25.5 Å². The van der Waals surface area contributed by atoms with Gasteiger partial charge in [0.15, 0.2) is 5.17 Å². The number of amidine groups is 1.